The number of rotatable bonds is 8. The number of carbonyl (C=O) groups is 2. The van der Waals surface area contributed by atoms with Crippen LogP contribution in [0.2, 0.25) is 0 Å². The minimum atomic E-state index is -0.805. The molecule has 0 aromatic rings. The molecule has 5 nitrogen and oxygen atoms in total. The average Bonchev–Trinajstić information content (AvgIpc) is 2.19. The van der Waals surface area contributed by atoms with E-state index in [1.54, 1.807) is 0 Å². The lowest BCUT2D eigenvalue weighted by Gasteiger charge is -2.04. The molecule has 2 N–H and O–H groups in total. The molecule has 0 aliphatic heterocycles. The topological polar surface area (TPSA) is 75.6 Å². The van der Waals surface area contributed by atoms with Crippen molar-refractivity contribution in [3.05, 3.63) is 12.7 Å². The smallest absolute Gasteiger partial charge is 0.407 e. The van der Waals surface area contributed by atoms with Crippen molar-refractivity contribution in [3.8, 4) is 0 Å². The van der Waals surface area contributed by atoms with Gasteiger partial charge in [0.05, 0.1) is 6.42 Å². The van der Waals surface area contributed by atoms with Gasteiger partial charge in [0.1, 0.15) is 6.61 Å². The Morgan fingerprint density at radius 3 is 2.80 bits per heavy atom. The van der Waals surface area contributed by atoms with Gasteiger partial charge in [-0.3, -0.25) is 4.79 Å². The quantitative estimate of drug-likeness (QED) is 0.485. The molecule has 6 heteroatoms. The Labute approximate surface area is 92.9 Å². The van der Waals surface area contributed by atoms with E-state index in [-0.39, 0.29) is 13.0 Å². The lowest BCUT2D eigenvalue weighted by molar-refractivity contribution is -0.136. The summed E-state index contributed by atoms with van der Waals surface area (Å²) in [6.45, 7) is 4.07. The fourth-order valence-corrected chi connectivity index (χ4v) is 1.44. The molecule has 0 aliphatic rings. The first-order valence-corrected chi connectivity index (χ1v) is 5.63. The first-order chi connectivity index (χ1) is 7.16. The van der Waals surface area contributed by atoms with Crippen LogP contribution >= 0.6 is 11.8 Å². The molecular formula is C9H15NO4S. The maximum Gasteiger partial charge on any atom is 0.407 e. The van der Waals surface area contributed by atoms with Crippen LogP contribution < -0.4 is 5.32 Å². The standard InChI is InChI=1S/C9H15NO4S/c1-2-5-14-9(13)10-4-7-15-6-3-8(11)12/h2H,1,3-7H2,(H,10,13)(H,11,12). The van der Waals surface area contributed by atoms with Crippen LogP contribution in [-0.4, -0.2) is 41.8 Å². The first-order valence-electron chi connectivity index (χ1n) is 4.48. The van der Waals surface area contributed by atoms with Gasteiger partial charge in [0.15, 0.2) is 0 Å². The Balaban J connectivity index is 3.19. The zero-order valence-electron chi connectivity index (χ0n) is 8.40. The summed E-state index contributed by atoms with van der Waals surface area (Å²) in [5.74, 6) is 0.427. The number of amides is 1. The van der Waals surface area contributed by atoms with E-state index < -0.39 is 12.1 Å². The molecule has 0 atom stereocenters. The van der Waals surface area contributed by atoms with Gasteiger partial charge >= 0.3 is 12.1 Å². The molecule has 0 fully saturated rings. The summed E-state index contributed by atoms with van der Waals surface area (Å²) in [6, 6.07) is 0. The van der Waals surface area contributed by atoms with Gasteiger partial charge in [-0.05, 0) is 0 Å². The first kappa shape index (κ1) is 13.8. The van der Waals surface area contributed by atoms with Crippen molar-refractivity contribution in [2.45, 2.75) is 6.42 Å². The fraction of sp³-hybridized carbons (Fsp3) is 0.556. The molecule has 86 valence electrons. The number of carboxylic acids is 1. The molecule has 0 unspecified atom stereocenters. The van der Waals surface area contributed by atoms with Gasteiger partial charge in [-0.1, -0.05) is 12.7 Å². The minimum Gasteiger partial charge on any atom is -0.481 e. The number of ether oxygens (including phenoxy) is 1. The number of alkyl carbamates (subject to hydrolysis) is 1. The van der Waals surface area contributed by atoms with Crippen LogP contribution in [0.5, 0.6) is 0 Å². The van der Waals surface area contributed by atoms with Gasteiger partial charge in [0.2, 0.25) is 0 Å². The predicted octanol–water partition coefficient (Wildman–Crippen LogP) is 1.11. The third-order valence-corrected chi connectivity index (χ3v) is 2.29. The van der Waals surface area contributed by atoms with Crippen molar-refractivity contribution in [1.82, 2.24) is 5.32 Å². The van der Waals surface area contributed by atoms with E-state index in [1.807, 2.05) is 0 Å². The summed E-state index contributed by atoms with van der Waals surface area (Å²) in [5.41, 5.74) is 0. The van der Waals surface area contributed by atoms with E-state index in [1.165, 1.54) is 17.8 Å². The van der Waals surface area contributed by atoms with E-state index in [4.69, 9.17) is 5.11 Å². The molecule has 0 saturated carbocycles. The van der Waals surface area contributed by atoms with Crippen molar-refractivity contribution < 1.29 is 19.4 Å². The van der Waals surface area contributed by atoms with Gasteiger partial charge < -0.3 is 15.2 Å². The Bertz CT molecular complexity index is 220. The van der Waals surface area contributed by atoms with Gasteiger partial charge in [0, 0.05) is 18.1 Å². The van der Waals surface area contributed by atoms with Crippen LogP contribution in [0.25, 0.3) is 0 Å². The molecule has 1 amide bonds. The molecular weight excluding hydrogens is 218 g/mol. The Hall–Kier alpha value is -1.17. The van der Waals surface area contributed by atoms with Crippen molar-refractivity contribution >= 4 is 23.8 Å². The van der Waals surface area contributed by atoms with Crippen LogP contribution in [0, 0.1) is 0 Å². The molecule has 0 rings (SSSR count). The number of nitrogens with one attached hydrogen (secondary N) is 1. The van der Waals surface area contributed by atoms with E-state index in [2.05, 4.69) is 16.6 Å². The van der Waals surface area contributed by atoms with E-state index in [0.717, 1.165) is 0 Å². The highest BCUT2D eigenvalue weighted by Crippen LogP contribution is 2.00. The summed E-state index contributed by atoms with van der Waals surface area (Å²) in [7, 11) is 0. The highest BCUT2D eigenvalue weighted by Gasteiger charge is 1.99. The van der Waals surface area contributed by atoms with Crippen molar-refractivity contribution in [3.63, 3.8) is 0 Å². The molecule has 0 aliphatic carbocycles. The number of hydrogen-bond acceptors (Lipinski definition) is 4. The monoisotopic (exact) mass is 233 g/mol. The van der Waals surface area contributed by atoms with Gasteiger partial charge in [-0.25, -0.2) is 4.79 Å². The van der Waals surface area contributed by atoms with E-state index in [9.17, 15) is 9.59 Å². The largest absolute Gasteiger partial charge is 0.481 e. The second kappa shape index (κ2) is 9.39. The summed E-state index contributed by atoms with van der Waals surface area (Å²) >= 11 is 1.48. The number of aliphatic carboxylic acids is 1. The highest BCUT2D eigenvalue weighted by molar-refractivity contribution is 7.99. The number of carbonyl (C=O) groups excluding carboxylic acids is 1. The molecule has 0 bridgehead atoms. The molecule has 15 heavy (non-hydrogen) atoms. The van der Waals surface area contributed by atoms with Gasteiger partial charge in [-0.15, -0.1) is 0 Å². The second-order valence-electron chi connectivity index (χ2n) is 2.57. The normalized spacial score (nSPS) is 9.33. The number of carboxylic acid groups (broad SMARTS) is 1. The summed E-state index contributed by atoms with van der Waals surface area (Å²) in [4.78, 5) is 21.0. The van der Waals surface area contributed by atoms with Crippen molar-refractivity contribution in [2.75, 3.05) is 24.7 Å². The van der Waals surface area contributed by atoms with Gasteiger partial charge in [-0.2, -0.15) is 11.8 Å². The Kier molecular flexibility index (Phi) is 8.66. The zero-order chi connectivity index (χ0) is 11.5. The third-order valence-electron chi connectivity index (χ3n) is 1.31. The maximum atomic E-state index is 10.9. The second-order valence-corrected chi connectivity index (χ2v) is 3.79. The molecule has 0 radical (unpaired) electrons. The minimum absolute atomic E-state index is 0.144. The van der Waals surface area contributed by atoms with E-state index >= 15 is 0 Å². The van der Waals surface area contributed by atoms with Crippen molar-refractivity contribution in [2.24, 2.45) is 0 Å². The van der Waals surface area contributed by atoms with Crippen LogP contribution in [0.15, 0.2) is 12.7 Å². The zero-order valence-corrected chi connectivity index (χ0v) is 9.22. The molecule has 0 heterocycles. The number of hydrogen-bond donors (Lipinski definition) is 2. The van der Waals surface area contributed by atoms with Crippen LogP contribution in [0.4, 0.5) is 4.79 Å². The Morgan fingerprint density at radius 2 is 2.20 bits per heavy atom. The van der Waals surface area contributed by atoms with Crippen molar-refractivity contribution in [1.29, 1.82) is 0 Å². The highest BCUT2D eigenvalue weighted by atomic mass is 32.2. The third kappa shape index (κ3) is 10.8. The molecule has 0 spiro atoms. The molecule has 0 saturated heterocycles. The van der Waals surface area contributed by atoms with Crippen LogP contribution in [0.3, 0.4) is 0 Å². The fourth-order valence-electron chi connectivity index (χ4n) is 0.672. The lowest BCUT2D eigenvalue weighted by Crippen LogP contribution is -2.26. The number of thioether (sulfide) groups is 1. The van der Waals surface area contributed by atoms with E-state index in [0.29, 0.717) is 18.1 Å². The lowest BCUT2D eigenvalue weighted by atomic mass is 10.5. The summed E-state index contributed by atoms with van der Waals surface area (Å²) in [6.07, 6.45) is 1.15. The van der Waals surface area contributed by atoms with Gasteiger partial charge in [0.25, 0.3) is 0 Å². The predicted molar refractivity (Wildman–Crippen MR) is 59.1 cm³/mol. The Morgan fingerprint density at radius 1 is 1.47 bits per heavy atom. The SMILES string of the molecule is C=CCOC(=O)NCCSCCC(=O)O. The van der Waals surface area contributed by atoms with Crippen LogP contribution in [0.1, 0.15) is 6.42 Å². The van der Waals surface area contributed by atoms with Crippen LogP contribution in [-0.2, 0) is 9.53 Å². The summed E-state index contributed by atoms with van der Waals surface area (Å²) < 4.78 is 4.66. The maximum absolute atomic E-state index is 10.9. The summed E-state index contributed by atoms with van der Waals surface area (Å²) in [5, 5.41) is 10.9. The molecule has 0 aromatic heterocycles. The molecule has 0 aromatic carbocycles. The average molecular weight is 233 g/mol.